The van der Waals surface area contributed by atoms with Crippen molar-refractivity contribution >= 4 is 34.2 Å². The Kier molecular flexibility index (Phi) is 12.3. The fourth-order valence-electron chi connectivity index (χ4n) is 4.95. The van der Waals surface area contributed by atoms with Crippen molar-refractivity contribution < 1.29 is 22.7 Å². The second-order valence-electron chi connectivity index (χ2n) is 10.3. The lowest BCUT2D eigenvalue weighted by Crippen LogP contribution is -2.49. The zero-order valence-corrected chi connectivity index (χ0v) is 25.3. The number of carbonyl (C=O) groups excluding carboxylic acids is 1. The first-order valence-corrected chi connectivity index (χ1v) is 15.7. The van der Waals surface area contributed by atoms with E-state index in [1.807, 2.05) is 42.5 Å². The molecule has 8 nitrogen and oxygen atoms in total. The number of hydrogen-bond donors (Lipinski definition) is 2. The van der Waals surface area contributed by atoms with E-state index in [9.17, 15) is 13.2 Å². The topological polar surface area (TPSA) is 97.0 Å². The van der Waals surface area contributed by atoms with Crippen molar-refractivity contribution in [1.29, 1.82) is 0 Å². The van der Waals surface area contributed by atoms with Gasteiger partial charge in [0.1, 0.15) is 18.1 Å². The lowest BCUT2D eigenvalue weighted by molar-refractivity contribution is 0.0958. The summed E-state index contributed by atoms with van der Waals surface area (Å²) >= 11 is 0. The molecule has 1 aliphatic rings. The lowest BCUT2D eigenvalue weighted by atomic mass is 9.93. The van der Waals surface area contributed by atoms with Crippen molar-refractivity contribution in [3.8, 4) is 11.5 Å². The van der Waals surface area contributed by atoms with Crippen molar-refractivity contribution in [3.05, 3.63) is 90.0 Å². The molecule has 0 aromatic heterocycles. The predicted molar refractivity (Wildman–Crippen MR) is 165 cm³/mol. The van der Waals surface area contributed by atoms with Crippen LogP contribution in [0.5, 0.6) is 11.5 Å². The van der Waals surface area contributed by atoms with Crippen LogP contribution in [0.25, 0.3) is 0 Å². The van der Waals surface area contributed by atoms with Gasteiger partial charge in [-0.15, -0.1) is 12.4 Å². The molecule has 10 heteroatoms. The van der Waals surface area contributed by atoms with E-state index in [0.717, 1.165) is 57.0 Å². The molecule has 0 bridgehead atoms. The molecule has 0 saturated carbocycles. The Balaban J connectivity index is 0.00000462. The summed E-state index contributed by atoms with van der Waals surface area (Å²) in [6.07, 6.45) is 5.94. The number of carbonyl (C=O) groups is 1. The number of nitrogens with zero attached hydrogens (tertiary/aromatic N) is 1. The molecule has 2 N–H and O–H groups in total. The largest absolute Gasteiger partial charge is 0.457 e. The van der Waals surface area contributed by atoms with Crippen molar-refractivity contribution in [2.75, 3.05) is 17.5 Å². The summed E-state index contributed by atoms with van der Waals surface area (Å²) in [6.45, 7) is 4.23. The highest BCUT2D eigenvalue weighted by atomic mass is 35.5. The standard InChI is InChI=1S/C31H39N3O5S.ClH/c1-3-4-10-28-21-27(32-31(35)38-23-25-8-6-5-7-9-25)19-20-34(28)22-24-11-15-29(16-12-24)39-30-17-13-26(14-18-30)33-40(2,36)37;/h5-9,11-18,27-28,33H,3-4,10,19-23H2,1-2H3,(H,32,35);1H. The molecule has 1 saturated heterocycles. The third kappa shape index (κ3) is 10.9. The number of likely N-dealkylation sites (tertiary alicyclic amines) is 1. The van der Waals surface area contributed by atoms with Crippen molar-refractivity contribution in [2.45, 2.75) is 64.3 Å². The number of piperidine rings is 1. The fourth-order valence-corrected chi connectivity index (χ4v) is 5.51. The average Bonchev–Trinajstić information content (AvgIpc) is 2.94. The SMILES string of the molecule is CCCCC1CC(NC(=O)OCc2ccccc2)CCN1Cc1ccc(Oc2ccc(NS(C)(=O)=O)cc2)cc1.Cl. The van der Waals surface area contributed by atoms with Gasteiger partial charge in [-0.3, -0.25) is 9.62 Å². The zero-order valence-electron chi connectivity index (χ0n) is 23.6. The highest BCUT2D eigenvalue weighted by Gasteiger charge is 2.29. The van der Waals surface area contributed by atoms with Gasteiger partial charge in [-0.1, -0.05) is 62.2 Å². The number of ether oxygens (including phenoxy) is 2. The minimum Gasteiger partial charge on any atom is -0.457 e. The van der Waals surface area contributed by atoms with Crippen molar-refractivity contribution in [2.24, 2.45) is 0 Å². The summed E-state index contributed by atoms with van der Waals surface area (Å²) in [7, 11) is -3.31. The summed E-state index contributed by atoms with van der Waals surface area (Å²) in [4.78, 5) is 14.9. The van der Waals surface area contributed by atoms with Crippen molar-refractivity contribution in [1.82, 2.24) is 10.2 Å². The predicted octanol–water partition coefficient (Wildman–Crippen LogP) is 6.72. The summed E-state index contributed by atoms with van der Waals surface area (Å²) in [5, 5.41) is 3.09. The maximum atomic E-state index is 12.4. The number of sulfonamides is 1. The minimum atomic E-state index is -3.31. The van der Waals surface area contributed by atoms with Crippen LogP contribution in [-0.2, 0) is 27.9 Å². The minimum absolute atomic E-state index is 0. The summed E-state index contributed by atoms with van der Waals surface area (Å²) < 4.78 is 36.6. The van der Waals surface area contributed by atoms with E-state index in [2.05, 4.69) is 34.0 Å². The highest BCUT2D eigenvalue weighted by Crippen LogP contribution is 2.27. The number of alkyl carbamates (subject to hydrolysis) is 1. The van der Waals surface area contributed by atoms with E-state index >= 15 is 0 Å². The van der Waals surface area contributed by atoms with Gasteiger partial charge in [-0.25, -0.2) is 13.2 Å². The number of hydrogen-bond acceptors (Lipinski definition) is 6. The van der Waals surface area contributed by atoms with E-state index in [1.54, 1.807) is 24.3 Å². The molecule has 41 heavy (non-hydrogen) atoms. The van der Waals surface area contributed by atoms with E-state index in [-0.39, 0.29) is 31.1 Å². The second-order valence-corrected chi connectivity index (χ2v) is 12.1. The van der Waals surface area contributed by atoms with E-state index in [4.69, 9.17) is 9.47 Å². The van der Waals surface area contributed by atoms with Crippen LogP contribution in [0.2, 0.25) is 0 Å². The molecule has 3 aromatic rings. The van der Waals surface area contributed by atoms with Gasteiger partial charge in [-0.2, -0.15) is 0 Å². The Morgan fingerprint density at radius 2 is 1.61 bits per heavy atom. The smallest absolute Gasteiger partial charge is 0.407 e. The van der Waals surface area contributed by atoms with Crippen LogP contribution >= 0.6 is 12.4 Å². The van der Waals surface area contributed by atoms with Crippen LogP contribution in [-0.4, -0.2) is 44.3 Å². The molecule has 2 atom stereocenters. The maximum absolute atomic E-state index is 12.4. The van der Waals surface area contributed by atoms with E-state index < -0.39 is 10.0 Å². The second kappa shape index (κ2) is 15.7. The number of amides is 1. The first-order chi connectivity index (χ1) is 19.3. The molecule has 0 radical (unpaired) electrons. The molecule has 4 rings (SSSR count). The summed E-state index contributed by atoms with van der Waals surface area (Å²) in [5.41, 5.74) is 2.67. The lowest BCUT2D eigenvalue weighted by Gasteiger charge is -2.40. The van der Waals surface area contributed by atoms with Gasteiger partial charge in [0.05, 0.1) is 6.26 Å². The Bertz CT molecular complexity index is 1320. The molecule has 222 valence electrons. The molecule has 3 aromatic carbocycles. The van der Waals surface area contributed by atoms with E-state index in [1.165, 1.54) is 5.56 Å². The fraction of sp³-hybridized carbons (Fsp3) is 0.387. The van der Waals surface area contributed by atoms with Gasteiger partial charge in [0.2, 0.25) is 10.0 Å². The summed E-state index contributed by atoms with van der Waals surface area (Å²) in [5.74, 6) is 1.34. The molecule has 1 fully saturated rings. The van der Waals surface area contributed by atoms with Crippen LogP contribution < -0.4 is 14.8 Å². The maximum Gasteiger partial charge on any atom is 0.407 e. The zero-order chi connectivity index (χ0) is 28.4. The molecule has 1 aliphatic heterocycles. The first kappa shape index (κ1) is 32.2. The van der Waals surface area contributed by atoms with Gasteiger partial charge in [0.25, 0.3) is 0 Å². The molecular weight excluding hydrogens is 562 g/mol. The number of unbranched alkanes of at least 4 members (excludes halogenated alkanes) is 1. The molecule has 0 spiro atoms. The molecule has 1 amide bonds. The number of halogens is 1. The monoisotopic (exact) mass is 601 g/mol. The first-order valence-electron chi connectivity index (χ1n) is 13.8. The summed E-state index contributed by atoms with van der Waals surface area (Å²) in [6, 6.07) is 25.1. The molecular formula is C31H40ClN3O5S. The van der Waals surface area contributed by atoms with Gasteiger partial charge in [0.15, 0.2) is 0 Å². The van der Waals surface area contributed by atoms with E-state index in [0.29, 0.717) is 23.2 Å². The molecule has 2 unspecified atom stereocenters. The Morgan fingerprint density at radius 3 is 2.24 bits per heavy atom. The third-order valence-electron chi connectivity index (χ3n) is 6.97. The number of anilines is 1. The number of nitrogens with one attached hydrogen (secondary N) is 2. The van der Waals surface area contributed by atoms with Crippen LogP contribution in [0.4, 0.5) is 10.5 Å². The molecule has 1 heterocycles. The van der Waals surface area contributed by atoms with Crippen molar-refractivity contribution in [3.63, 3.8) is 0 Å². The van der Waals surface area contributed by atoms with Gasteiger partial charge >= 0.3 is 6.09 Å². The Labute approximate surface area is 249 Å². The van der Waals surface area contributed by atoms with Crippen LogP contribution in [0.15, 0.2) is 78.9 Å². The Hall–Kier alpha value is -3.27. The van der Waals surface area contributed by atoms with Gasteiger partial charge in [0, 0.05) is 30.9 Å². The number of benzene rings is 3. The van der Waals surface area contributed by atoms with Gasteiger partial charge in [-0.05, 0) is 66.8 Å². The Morgan fingerprint density at radius 1 is 0.951 bits per heavy atom. The van der Waals surface area contributed by atoms with Crippen LogP contribution in [0.1, 0.15) is 50.2 Å². The quantitative estimate of drug-likeness (QED) is 0.239. The van der Waals surface area contributed by atoms with Gasteiger partial charge < -0.3 is 14.8 Å². The number of rotatable bonds is 12. The van der Waals surface area contributed by atoms with Crippen LogP contribution in [0, 0.1) is 0 Å². The highest BCUT2D eigenvalue weighted by molar-refractivity contribution is 7.92. The average molecular weight is 602 g/mol. The molecule has 0 aliphatic carbocycles. The van der Waals surface area contributed by atoms with Crippen LogP contribution in [0.3, 0.4) is 0 Å². The third-order valence-corrected chi connectivity index (χ3v) is 7.57. The normalized spacial score (nSPS) is 17.2.